The van der Waals surface area contributed by atoms with Crippen molar-refractivity contribution in [2.45, 2.75) is 25.8 Å². The number of halogens is 1. The van der Waals surface area contributed by atoms with Crippen molar-refractivity contribution in [2.24, 2.45) is 11.7 Å². The van der Waals surface area contributed by atoms with Crippen LogP contribution in [0.5, 0.6) is 0 Å². The highest BCUT2D eigenvalue weighted by molar-refractivity contribution is 6.33. The van der Waals surface area contributed by atoms with Gasteiger partial charge in [0.1, 0.15) is 0 Å². The molecule has 2 rings (SSSR count). The van der Waals surface area contributed by atoms with E-state index in [-0.39, 0.29) is 23.8 Å². The van der Waals surface area contributed by atoms with E-state index in [1.165, 1.54) is 4.90 Å². The Kier molecular flexibility index (Phi) is 5.20. The Balaban J connectivity index is 1.92. The van der Waals surface area contributed by atoms with Crippen molar-refractivity contribution in [3.8, 4) is 0 Å². The number of carbonyl (C=O) groups excluding carboxylic acids is 2. The first-order valence-corrected chi connectivity index (χ1v) is 7.56. The minimum Gasteiger partial charge on any atom is -0.369 e. The number of nitrogens with one attached hydrogen (secondary N) is 2. The number of anilines is 1. The lowest BCUT2D eigenvalue weighted by Crippen LogP contribution is -3.17. The van der Waals surface area contributed by atoms with Crippen LogP contribution in [0.3, 0.4) is 0 Å². The normalized spacial score (nSPS) is 23.3. The third kappa shape index (κ3) is 3.95. The van der Waals surface area contributed by atoms with Crippen LogP contribution >= 0.6 is 11.6 Å². The summed E-state index contributed by atoms with van der Waals surface area (Å²) in [7, 11) is 0. The van der Waals surface area contributed by atoms with Gasteiger partial charge in [-0.2, -0.15) is 0 Å². The van der Waals surface area contributed by atoms with Crippen LogP contribution in [0.2, 0.25) is 5.02 Å². The molecular formula is C15H21ClN3O2+. The van der Waals surface area contributed by atoms with Crippen molar-refractivity contribution < 1.29 is 14.5 Å². The second-order valence-corrected chi connectivity index (χ2v) is 5.93. The fraction of sp³-hybridized carbons (Fsp3) is 0.467. The number of hydrogen-bond acceptors (Lipinski definition) is 2. The van der Waals surface area contributed by atoms with Crippen LogP contribution < -0.4 is 16.0 Å². The molecule has 0 radical (unpaired) electrons. The van der Waals surface area contributed by atoms with Crippen molar-refractivity contribution in [1.29, 1.82) is 0 Å². The molecule has 1 aliphatic heterocycles. The number of quaternary nitrogens is 1. The van der Waals surface area contributed by atoms with E-state index < -0.39 is 0 Å². The highest BCUT2D eigenvalue weighted by Gasteiger charge is 2.32. The summed E-state index contributed by atoms with van der Waals surface area (Å²) in [6.45, 7) is 3.46. The van der Waals surface area contributed by atoms with E-state index >= 15 is 0 Å². The number of hydrogen-bond donors (Lipinski definition) is 3. The van der Waals surface area contributed by atoms with Gasteiger partial charge >= 0.3 is 0 Å². The van der Waals surface area contributed by atoms with Gasteiger partial charge in [0.15, 0.2) is 6.04 Å². The van der Waals surface area contributed by atoms with Gasteiger partial charge in [0.25, 0.3) is 5.91 Å². The van der Waals surface area contributed by atoms with E-state index in [0.29, 0.717) is 10.7 Å². The van der Waals surface area contributed by atoms with Gasteiger partial charge in [0.05, 0.1) is 23.8 Å². The molecule has 0 aromatic heterocycles. The fourth-order valence-corrected chi connectivity index (χ4v) is 2.88. The maximum absolute atomic E-state index is 12.3. The standard InChI is InChI=1S/C15H20ClN3O2/c1-10(19-8-6-11(7-9-19)14(17)20)15(21)18-13-5-3-2-4-12(13)16/h2-5,10-11H,6-9H2,1H3,(H2,17,20)(H,18,21)/p+1/t10-/m1/s1. The number of amides is 2. The maximum Gasteiger partial charge on any atom is 0.282 e. The predicted octanol–water partition coefficient (Wildman–Crippen LogP) is 0.447. The summed E-state index contributed by atoms with van der Waals surface area (Å²) in [6.07, 6.45) is 1.49. The molecule has 1 heterocycles. The molecule has 0 spiro atoms. The van der Waals surface area contributed by atoms with Crippen LogP contribution in [0.15, 0.2) is 24.3 Å². The van der Waals surface area contributed by atoms with Gasteiger partial charge in [-0.3, -0.25) is 9.59 Å². The third-order valence-electron chi connectivity index (χ3n) is 4.17. The largest absolute Gasteiger partial charge is 0.369 e. The van der Waals surface area contributed by atoms with E-state index in [1.54, 1.807) is 12.1 Å². The number of rotatable bonds is 4. The molecule has 1 aliphatic rings. The Labute approximate surface area is 129 Å². The minimum absolute atomic E-state index is 0.0485. The number of para-hydroxylation sites is 1. The lowest BCUT2D eigenvalue weighted by Gasteiger charge is -2.31. The number of nitrogens with two attached hydrogens (primary N) is 1. The van der Waals surface area contributed by atoms with E-state index in [1.807, 2.05) is 19.1 Å². The second-order valence-electron chi connectivity index (χ2n) is 5.53. The molecule has 21 heavy (non-hydrogen) atoms. The average molecular weight is 311 g/mol. The molecule has 4 N–H and O–H groups in total. The summed E-state index contributed by atoms with van der Waals surface area (Å²) >= 11 is 6.04. The van der Waals surface area contributed by atoms with Crippen LogP contribution in [0.4, 0.5) is 5.69 Å². The monoisotopic (exact) mass is 310 g/mol. The topological polar surface area (TPSA) is 76.6 Å². The first-order valence-electron chi connectivity index (χ1n) is 7.18. The molecule has 1 atom stereocenters. The zero-order chi connectivity index (χ0) is 15.4. The summed E-state index contributed by atoms with van der Waals surface area (Å²) in [5.41, 5.74) is 5.95. The molecule has 6 heteroatoms. The van der Waals surface area contributed by atoms with Gasteiger partial charge in [-0.25, -0.2) is 0 Å². The first kappa shape index (κ1) is 15.8. The lowest BCUT2D eigenvalue weighted by atomic mass is 9.95. The fourth-order valence-electron chi connectivity index (χ4n) is 2.70. The Morgan fingerprint density at radius 2 is 1.95 bits per heavy atom. The van der Waals surface area contributed by atoms with E-state index in [4.69, 9.17) is 17.3 Å². The number of piperidine rings is 1. The zero-order valence-corrected chi connectivity index (χ0v) is 12.8. The number of primary amides is 1. The maximum atomic E-state index is 12.3. The molecule has 0 unspecified atom stereocenters. The summed E-state index contributed by atoms with van der Waals surface area (Å²) in [5, 5.41) is 3.39. The van der Waals surface area contributed by atoms with Gasteiger partial charge in [-0.15, -0.1) is 0 Å². The predicted molar refractivity (Wildman–Crippen MR) is 82.2 cm³/mol. The van der Waals surface area contributed by atoms with Crippen molar-refractivity contribution in [2.75, 3.05) is 18.4 Å². The molecule has 1 saturated heterocycles. The second kappa shape index (κ2) is 6.91. The molecule has 1 aromatic rings. The summed E-state index contributed by atoms with van der Waals surface area (Å²) in [6, 6.07) is 6.99. The van der Waals surface area contributed by atoms with E-state index in [0.717, 1.165) is 25.9 Å². The Hall–Kier alpha value is -1.59. The third-order valence-corrected chi connectivity index (χ3v) is 4.50. The molecule has 0 saturated carbocycles. The highest BCUT2D eigenvalue weighted by Crippen LogP contribution is 2.20. The zero-order valence-electron chi connectivity index (χ0n) is 12.1. The van der Waals surface area contributed by atoms with Crippen LogP contribution in [-0.2, 0) is 9.59 Å². The van der Waals surface area contributed by atoms with Crippen molar-refractivity contribution in [1.82, 2.24) is 0 Å². The van der Waals surface area contributed by atoms with Crippen molar-refractivity contribution in [3.05, 3.63) is 29.3 Å². The lowest BCUT2D eigenvalue weighted by molar-refractivity contribution is -0.919. The van der Waals surface area contributed by atoms with E-state index in [9.17, 15) is 9.59 Å². The van der Waals surface area contributed by atoms with E-state index in [2.05, 4.69) is 5.32 Å². The Morgan fingerprint density at radius 3 is 2.52 bits per heavy atom. The van der Waals surface area contributed by atoms with Gasteiger partial charge in [0, 0.05) is 18.8 Å². The molecule has 2 amide bonds. The minimum atomic E-state index is -0.234. The molecule has 0 aliphatic carbocycles. The van der Waals surface area contributed by atoms with Gasteiger partial charge in [0.2, 0.25) is 5.91 Å². The highest BCUT2D eigenvalue weighted by atomic mass is 35.5. The number of likely N-dealkylation sites (tertiary alicyclic amines) is 1. The van der Waals surface area contributed by atoms with Gasteiger partial charge in [-0.05, 0) is 19.1 Å². The molecule has 0 bridgehead atoms. The molecule has 114 valence electrons. The SMILES string of the molecule is C[C@H](C(=O)Nc1ccccc1Cl)[NH+]1CCC(C(N)=O)CC1. The summed E-state index contributed by atoms with van der Waals surface area (Å²) in [4.78, 5) is 24.6. The van der Waals surface area contributed by atoms with Crippen LogP contribution in [0, 0.1) is 5.92 Å². The van der Waals surface area contributed by atoms with Crippen LogP contribution in [0.1, 0.15) is 19.8 Å². The smallest absolute Gasteiger partial charge is 0.282 e. The summed E-state index contributed by atoms with van der Waals surface area (Å²) < 4.78 is 0. The van der Waals surface area contributed by atoms with Crippen molar-refractivity contribution in [3.63, 3.8) is 0 Å². The number of benzene rings is 1. The van der Waals surface area contributed by atoms with Crippen LogP contribution in [0.25, 0.3) is 0 Å². The molecule has 5 nitrogen and oxygen atoms in total. The molecule has 1 aromatic carbocycles. The Bertz CT molecular complexity index is 527. The van der Waals surface area contributed by atoms with Gasteiger partial charge < -0.3 is 16.0 Å². The first-order chi connectivity index (χ1) is 9.99. The van der Waals surface area contributed by atoms with Crippen LogP contribution in [-0.4, -0.2) is 30.9 Å². The molecule has 1 fully saturated rings. The average Bonchev–Trinajstić information content (AvgIpc) is 2.49. The van der Waals surface area contributed by atoms with Gasteiger partial charge in [-0.1, -0.05) is 23.7 Å². The van der Waals surface area contributed by atoms with Crippen molar-refractivity contribution >= 4 is 29.1 Å². The quantitative estimate of drug-likeness (QED) is 0.755. The number of carbonyl (C=O) groups is 2. The summed E-state index contributed by atoms with van der Waals surface area (Å²) in [5.74, 6) is -0.342. The molecular weight excluding hydrogens is 290 g/mol. The Morgan fingerprint density at radius 1 is 1.33 bits per heavy atom.